The zero-order valence-electron chi connectivity index (χ0n) is 12.9. The molecule has 1 aliphatic rings. The van der Waals surface area contributed by atoms with Crippen molar-refractivity contribution in [3.63, 3.8) is 0 Å². The van der Waals surface area contributed by atoms with Gasteiger partial charge >= 0.3 is 0 Å². The van der Waals surface area contributed by atoms with Crippen LogP contribution < -0.4 is 0 Å². The number of nitrogens with zero attached hydrogens (tertiary/aromatic N) is 6. The lowest BCUT2D eigenvalue weighted by Crippen LogP contribution is -2.59. The van der Waals surface area contributed by atoms with Crippen molar-refractivity contribution in [3.8, 4) is 0 Å². The fourth-order valence-electron chi connectivity index (χ4n) is 2.45. The Morgan fingerprint density at radius 1 is 0.556 bits per heavy atom. The van der Waals surface area contributed by atoms with E-state index in [4.69, 9.17) is 0 Å². The van der Waals surface area contributed by atoms with Crippen molar-refractivity contribution in [2.75, 3.05) is 82.3 Å². The molecule has 0 saturated carbocycles. The van der Waals surface area contributed by atoms with Crippen molar-refractivity contribution >= 4 is 0 Å². The largest absolute Gasteiger partial charge is 0.297 e. The molecule has 6 heteroatoms. The topological polar surface area (TPSA) is 19.4 Å². The first kappa shape index (κ1) is 15.8. The van der Waals surface area contributed by atoms with Crippen LogP contribution in [0.15, 0.2) is 0 Å². The molecular weight excluding hydrogens is 228 g/mol. The van der Waals surface area contributed by atoms with Crippen LogP contribution in [0.25, 0.3) is 0 Å². The quantitative estimate of drug-likeness (QED) is 0.625. The molecule has 0 radical (unpaired) electrons. The average Bonchev–Trinajstić information content (AvgIpc) is 2.12. The molecule has 0 amide bonds. The van der Waals surface area contributed by atoms with Gasteiger partial charge in [0.15, 0.2) is 0 Å². The number of hydrogen-bond donors (Lipinski definition) is 0. The van der Waals surface area contributed by atoms with Gasteiger partial charge < -0.3 is 0 Å². The molecule has 108 valence electrons. The summed E-state index contributed by atoms with van der Waals surface area (Å²) in [6, 6.07) is 0. The third-order valence-corrected chi connectivity index (χ3v) is 2.65. The molecule has 1 aliphatic heterocycles. The van der Waals surface area contributed by atoms with E-state index in [1.54, 1.807) is 0 Å². The van der Waals surface area contributed by atoms with Crippen molar-refractivity contribution in [1.29, 1.82) is 0 Å². The maximum absolute atomic E-state index is 2.47. The fourth-order valence-corrected chi connectivity index (χ4v) is 2.45. The molecule has 0 N–H and O–H groups in total. The molecule has 0 bridgehead atoms. The van der Waals surface area contributed by atoms with Crippen LogP contribution >= 0.6 is 0 Å². The molecule has 0 unspecified atom stereocenters. The van der Waals surface area contributed by atoms with Gasteiger partial charge in [-0.25, -0.2) is 0 Å². The zero-order valence-corrected chi connectivity index (χ0v) is 12.9. The van der Waals surface area contributed by atoms with E-state index < -0.39 is 0 Å². The monoisotopic (exact) mass is 258 g/mol. The molecular formula is C12H30N6. The second-order valence-corrected chi connectivity index (χ2v) is 6.10. The Balaban J connectivity index is 2.54. The van der Waals surface area contributed by atoms with E-state index in [1.165, 1.54) is 0 Å². The Morgan fingerprint density at radius 2 is 0.778 bits per heavy atom. The molecule has 0 aromatic carbocycles. The van der Waals surface area contributed by atoms with Crippen molar-refractivity contribution in [2.45, 2.75) is 0 Å². The number of hydrogen-bond acceptors (Lipinski definition) is 6. The Bertz CT molecular complexity index is 187. The highest BCUT2D eigenvalue weighted by Gasteiger charge is 2.23. The zero-order chi connectivity index (χ0) is 13.7. The van der Waals surface area contributed by atoms with Gasteiger partial charge in [-0.1, -0.05) is 0 Å². The minimum atomic E-state index is 1.01. The summed E-state index contributed by atoms with van der Waals surface area (Å²) in [5.74, 6) is 0. The summed E-state index contributed by atoms with van der Waals surface area (Å²) in [5.41, 5.74) is 0. The van der Waals surface area contributed by atoms with Crippen molar-refractivity contribution < 1.29 is 0 Å². The predicted molar refractivity (Wildman–Crippen MR) is 75.8 cm³/mol. The lowest BCUT2D eigenvalue weighted by Gasteiger charge is -2.44. The van der Waals surface area contributed by atoms with Crippen LogP contribution in [0.3, 0.4) is 0 Å². The van der Waals surface area contributed by atoms with Gasteiger partial charge in [-0.05, 0) is 42.3 Å². The van der Waals surface area contributed by atoms with Crippen molar-refractivity contribution in [3.05, 3.63) is 0 Å². The maximum Gasteiger partial charge on any atom is 0.0555 e. The van der Waals surface area contributed by atoms with Crippen LogP contribution in [-0.4, -0.2) is 112 Å². The SMILES string of the molecule is CN(C)CN1CN(CN(C)C)CN(CN(C)C)C1. The average molecular weight is 258 g/mol. The van der Waals surface area contributed by atoms with Crippen molar-refractivity contribution in [2.24, 2.45) is 0 Å². The van der Waals surface area contributed by atoms with Crippen LogP contribution in [0.2, 0.25) is 0 Å². The third-order valence-electron chi connectivity index (χ3n) is 2.65. The highest BCUT2D eigenvalue weighted by atomic mass is 15.5. The molecule has 1 saturated heterocycles. The Kier molecular flexibility index (Phi) is 6.48. The Morgan fingerprint density at radius 3 is 0.944 bits per heavy atom. The van der Waals surface area contributed by atoms with E-state index in [0.29, 0.717) is 0 Å². The van der Waals surface area contributed by atoms with Gasteiger partial charge in [0, 0.05) is 0 Å². The van der Waals surface area contributed by atoms with E-state index in [9.17, 15) is 0 Å². The highest BCUT2D eigenvalue weighted by Crippen LogP contribution is 2.08. The number of rotatable bonds is 6. The normalized spacial score (nSPS) is 20.5. The molecule has 18 heavy (non-hydrogen) atoms. The fraction of sp³-hybridized carbons (Fsp3) is 1.00. The predicted octanol–water partition coefficient (Wildman–Crippen LogP) is -0.664. The van der Waals surface area contributed by atoms with Crippen molar-refractivity contribution in [1.82, 2.24) is 29.4 Å². The smallest absolute Gasteiger partial charge is 0.0555 e. The first-order valence-electron chi connectivity index (χ1n) is 6.48. The maximum atomic E-state index is 2.47. The third kappa shape index (κ3) is 6.08. The van der Waals surface area contributed by atoms with Crippen LogP contribution in [0, 0.1) is 0 Å². The molecule has 0 aliphatic carbocycles. The van der Waals surface area contributed by atoms with Gasteiger partial charge in [-0.15, -0.1) is 0 Å². The summed E-state index contributed by atoms with van der Waals surface area (Å²) >= 11 is 0. The van der Waals surface area contributed by atoms with Gasteiger partial charge in [0.1, 0.15) is 0 Å². The van der Waals surface area contributed by atoms with Gasteiger partial charge in [-0.3, -0.25) is 29.4 Å². The summed E-state index contributed by atoms with van der Waals surface area (Å²) < 4.78 is 0. The van der Waals surface area contributed by atoms with E-state index in [2.05, 4.69) is 71.7 Å². The van der Waals surface area contributed by atoms with Gasteiger partial charge in [0.05, 0.1) is 40.0 Å². The molecule has 0 atom stereocenters. The lowest BCUT2D eigenvalue weighted by molar-refractivity contribution is -0.0740. The second-order valence-electron chi connectivity index (χ2n) is 6.10. The van der Waals surface area contributed by atoms with Crippen LogP contribution in [0.1, 0.15) is 0 Å². The molecule has 0 spiro atoms. The minimum Gasteiger partial charge on any atom is -0.297 e. The Hall–Kier alpha value is -0.240. The van der Waals surface area contributed by atoms with Gasteiger partial charge in [0.25, 0.3) is 0 Å². The Labute approximate surface area is 112 Å². The van der Waals surface area contributed by atoms with Crippen LogP contribution in [0.4, 0.5) is 0 Å². The molecule has 6 nitrogen and oxygen atoms in total. The van der Waals surface area contributed by atoms with E-state index in [0.717, 1.165) is 40.0 Å². The van der Waals surface area contributed by atoms with Gasteiger partial charge in [-0.2, -0.15) is 0 Å². The van der Waals surface area contributed by atoms with Crippen LogP contribution in [-0.2, 0) is 0 Å². The molecule has 0 aromatic rings. The summed E-state index contributed by atoms with van der Waals surface area (Å²) in [7, 11) is 12.8. The summed E-state index contributed by atoms with van der Waals surface area (Å²) in [6.45, 7) is 6.15. The second kappa shape index (κ2) is 7.37. The summed E-state index contributed by atoms with van der Waals surface area (Å²) in [4.78, 5) is 14.1. The first-order chi connectivity index (χ1) is 8.36. The summed E-state index contributed by atoms with van der Waals surface area (Å²) in [5, 5.41) is 0. The van der Waals surface area contributed by atoms with E-state index >= 15 is 0 Å². The molecule has 0 aromatic heterocycles. The molecule has 1 fully saturated rings. The summed E-state index contributed by atoms with van der Waals surface area (Å²) in [6.07, 6.45) is 0. The van der Waals surface area contributed by atoms with E-state index in [1.807, 2.05) is 0 Å². The molecule has 1 heterocycles. The first-order valence-corrected chi connectivity index (χ1v) is 6.48. The van der Waals surface area contributed by atoms with Crippen LogP contribution in [0.5, 0.6) is 0 Å². The van der Waals surface area contributed by atoms with Gasteiger partial charge in [0.2, 0.25) is 0 Å². The highest BCUT2D eigenvalue weighted by molar-refractivity contribution is 4.68. The molecule has 1 rings (SSSR count). The standard InChI is InChI=1S/C12H30N6/c1-13(2)7-16-10-17(8-14(3)4)12-18(11-16)9-15(5)6/h7-12H2,1-6H3. The minimum absolute atomic E-state index is 1.01. The lowest BCUT2D eigenvalue weighted by atomic mass is 10.5. The van der Waals surface area contributed by atoms with E-state index in [-0.39, 0.29) is 0 Å².